The van der Waals surface area contributed by atoms with Crippen LogP contribution < -0.4 is 0 Å². The fourth-order valence-electron chi connectivity index (χ4n) is 0.973. The van der Waals surface area contributed by atoms with Crippen LogP contribution in [0.3, 0.4) is 0 Å². The summed E-state index contributed by atoms with van der Waals surface area (Å²) in [7, 11) is 0. The van der Waals surface area contributed by atoms with E-state index >= 15 is 0 Å². The van der Waals surface area contributed by atoms with Crippen molar-refractivity contribution in [3.63, 3.8) is 0 Å². The molecule has 0 rings (SSSR count). The first kappa shape index (κ1) is 13.6. The van der Waals surface area contributed by atoms with E-state index in [1.807, 2.05) is 0 Å². The van der Waals surface area contributed by atoms with Gasteiger partial charge in [-0.2, -0.15) is 0 Å². The van der Waals surface area contributed by atoms with Crippen molar-refractivity contribution in [2.75, 3.05) is 0 Å². The Labute approximate surface area is 77.5 Å². The minimum atomic E-state index is 0. The maximum atomic E-state index is 2.30. The van der Waals surface area contributed by atoms with E-state index in [1.165, 1.54) is 38.5 Å². The van der Waals surface area contributed by atoms with Gasteiger partial charge in [-0.3, -0.25) is 0 Å². The Balaban J connectivity index is 0. The van der Waals surface area contributed by atoms with Crippen LogP contribution in [0.2, 0.25) is 0 Å². The molecule has 0 aromatic carbocycles. The molecule has 0 bridgehead atoms. The predicted molar refractivity (Wildman–Crippen MR) is 55.4 cm³/mol. The zero-order valence-corrected chi connectivity index (χ0v) is 8.62. The van der Waals surface area contributed by atoms with E-state index < -0.39 is 0 Å². The van der Waals surface area contributed by atoms with Gasteiger partial charge in [0.05, 0.1) is 0 Å². The smallest absolute Gasteiger partial charge is 0.0351 e. The van der Waals surface area contributed by atoms with Gasteiger partial charge in [-0.1, -0.05) is 45.3 Å². The van der Waals surface area contributed by atoms with Crippen LogP contribution >= 0.6 is 12.4 Å². The Morgan fingerprint density at radius 3 is 2.18 bits per heavy atom. The van der Waals surface area contributed by atoms with Crippen LogP contribution in [0.4, 0.5) is 0 Å². The molecule has 0 unspecified atom stereocenters. The van der Waals surface area contributed by atoms with Crippen LogP contribution in [0.5, 0.6) is 0 Å². The summed E-state index contributed by atoms with van der Waals surface area (Å²) in [5, 5.41) is 0. The lowest BCUT2D eigenvalue weighted by atomic mass is 10.1. The van der Waals surface area contributed by atoms with Gasteiger partial charge >= 0.3 is 0 Å². The molecule has 0 heterocycles. The van der Waals surface area contributed by atoms with E-state index in [0.717, 1.165) is 0 Å². The third kappa shape index (κ3) is 13.1. The largest absolute Gasteiger partial charge is 0.147 e. The minimum Gasteiger partial charge on any atom is -0.147 e. The normalized spacial score (nSPS) is 10.0. The molecule has 0 spiro atoms. The van der Waals surface area contributed by atoms with Gasteiger partial charge in [0.25, 0.3) is 0 Å². The maximum Gasteiger partial charge on any atom is -0.0351 e. The van der Waals surface area contributed by atoms with Gasteiger partial charge in [0.1, 0.15) is 0 Å². The SMILES string of the molecule is CCC=CCCCCCC.Cl. The number of hydrogen-bond donors (Lipinski definition) is 0. The summed E-state index contributed by atoms with van der Waals surface area (Å²) in [6.07, 6.45) is 12.6. The second-order valence-corrected chi connectivity index (χ2v) is 2.73. The van der Waals surface area contributed by atoms with Gasteiger partial charge in [0, 0.05) is 0 Å². The van der Waals surface area contributed by atoms with E-state index in [0.29, 0.717) is 0 Å². The highest BCUT2D eigenvalue weighted by molar-refractivity contribution is 5.85. The van der Waals surface area contributed by atoms with Crippen LogP contribution in [0, 0.1) is 0 Å². The zero-order chi connectivity index (χ0) is 7.66. The molecule has 0 atom stereocenters. The van der Waals surface area contributed by atoms with Crippen molar-refractivity contribution in [2.24, 2.45) is 0 Å². The maximum absolute atomic E-state index is 2.30. The first-order valence-corrected chi connectivity index (χ1v) is 4.56. The van der Waals surface area contributed by atoms with Crippen molar-refractivity contribution in [3.05, 3.63) is 12.2 Å². The lowest BCUT2D eigenvalue weighted by Crippen LogP contribution is -1.73. The Morgan fingerprint density at radius 2 is 1.64 bits per heavy atom. The molecule has 0 aliphatic carbocycles. The van der Waals surface area contributed by atoms with E-state index in [-0.39, 0.29) is 12.4 Å². The van der Waals surface area contributed by atoms with Crippen LogP contribution in [0.25, 0.3) is 0 Å². The molecule has 0 nitrogen and oxygen atoms in total. The fraction of sp³-hybridized carbons (Fsp3) is 0.800. The molecule has 0 aliphatic heterocycles. The third-order valence-electron chi connectivity index (χ3n) is 1.63. The van der Waals surface area contributed by atoms with Crippen molar-refractivity contribution in [1.29, 1.82) is 0 Å². The Morgan fingerprint density at radius 1 is 0.909 bits per heavy atom. The van der Waals surface area contributed by atoms with Gasteiger partial charge in [-0.15, -0.1) is 12.4 Å². The first-order valence-electron chi connectivity index (χ1n) is 4.56. The third-order valence-corrected chi connectivity index (χ3v) is 1.63. The highest BCUT2D eigenvalue weighted by Crippen LogP contribution is 2.02. The molecule has 0 aromatic rings. The predicted octanol–water partition coefficient (Wildman–Crippen LogP) is 4.34. The van der Waals surface area contributed by atoms with Crippen LogP contribution in [0.1, 0.15) is 52.4 Å². The Hall–Kier alpha value is 0.0300. The summed E-state index contributed by atoms with van der Waals surface area (Å²) in [4.78, 5) is 0. The summed E-state index contributed by atoms with van der Waals surface area (Å²) < 4.78 is 0. The molecule has 0 saturated heterocycles. The topological polar surface area (TPSA) is 0 Å². The Bertz CT molecular complexity index is 76.9. The molecule has 0 aromatic heterocycles. The van der Waals surface area contributed by atoms with Gasteiger partial charge in [-0.25, -0.2) is 0 Å². The molecular weight excluding hydrogens is 156 g/mol. The molecule has 0 amide bonds. The van der Waals surface area contributed by atoms with Gasteiger partial charge < -0.3 is 0 Å². The number of halogens is 1. The lowest BCUT2D eigenvalue weighted by Gasteiger charge is -1.92. The highest BCUT2D eigenvalue weighted by atomic mass is 35.5. The molecule has 0 saturated carbocycles. The van der Waals surface area contributed by atoms with Gasteiger partial charge in [0.2, 0.25) is 0 Å². The van der Waals surface area contributed by atoms with Crippen molar-refractivity contribution < 1.29 is 0 Å². The van der Waals surface area contributed by atoms with Crippen molar-refractivity contribution in [2.45, 2.75) is 52.4 Å². The summed E-state index contributed by atoms with van der Waals surface area (Å²) in [5.74, 6) is 0. The van der Waals surface area contributed by atoms with E-state index in [1.54, 1.807) is 0 Å². The van der Waals surface area contributed by atoms with Gasteiger partial charge in [0.15, 0.2) is 0 Å². The number of rotatable bonds is 6. The van der Waals surface area contributed by atoms with Crippen molar-refractivity contribution in [3.8, 4) is 0 Å². The van der Waals surface area contributed by atoms with Crippen LogP contribution in [-0.2, 0) is 0 Å². The fourth-order valence-corrected chi connectivity index (χ4v) is 0.973. The number of allylic oxidation sites excluding steroid dienone is 2. The lowest BCUT2D eigenvalue weighted by molar-refractivity contribution is 0.674. The van der Waals surface area contributed by atoms with E-state index in [4.69, 9.17) is 0 Å². The summed E-state index contributed by atoms with van der Waals surface area (Å²) in [6.45, 7) is 4.43. The molecule has 0 radical (unpaired) electrons. The van der Waals surface area contributed by atoms with Crippen molar-refractivity contribution in [1.82, 2.24) is 0 Å². The second-order valence-electron chi connectivity index (χ2n) is 2.73. The molecule has 1 heteroatoms. The number of unbranched alkanes of at least 4 members (excludes halogenated alkanes) is 4. The Kier molecular flexibility index (Phi) is 15.7. The number of hydrogen-bond acceptors (Lipinski definition) is 0. The van der Waals surface area contributed by atoms with E-state index in [2.05, 4.69) is 26.0 Å². The molecule has 11 heavy (non-hydrogen) atoms. The highest BCUT2D eigenvalue weighted by Gasteiger charge is 1.82. The van der Waals surface area contributed by atoms with Crippen LogP contribution in [-0.4, -0.2) is 0 Å². The van der Waals surface area contributed by atoms with Gasteiger partial charge in [-0.05, 0) is 19.3 Å². The molecule has 0 N–H and O–H groups in total. The molecule has 68 valence electrons. The summed E-state index contributed by atoms with van der Waals surface area (Å²) in [5.41, 5.74) is 0. The average molecular weight is 177 g/mol. The average Bonchev–Trinajstić information content (AvgIpc) is 1.97. The quantitative estimate of drug-likeness (QED) is 0.417. The van der Waals surface area contributed by atoms with Crippen LogP contribution in [0.15, 0.2) is 12.2 Å². The molecule has 0 fully saturated rings. The minimum absolute atomic E-state index is 0. The zero-order valence-electron chi connectivity index (χ0n) is 7.81. The first-order chi connectivity index (χ1) is 4.91. The van der Waals surface area contributed by atoms with Crippen molar-refractivity contribution >= 4 is 12.4 Å². The summed E-state index contributed by atoms with van der Waals surface area (Å²) >= 11 is 0. The molecule has 0 aliphatic rings. The second kappa shape index (κ2) is 12.7. The van der Waals surface area contributed by atoms with E-state index in [9.17, 15) is 0 Å². The standard InChI is InChI=1S/C10H20.ClH/c1-3-5-7-9-10-8-6-4-2;/h5,7H,3-4,6,8-10H2,1-2H3;1H. The monoisotopic (exact) mass is 176 g/mol. The molecular formula is C10H21Cl. The summed E-state index contributed by atoms with van der Waals surface area (Å²) in [6, 6.07) is 0.